The second-order valence-electron chi connectivity index (χ2n) is 5.17. The molecule has 2 atom stereocenters. The van der Waals surface area contributed by atoms with Crippen molar-refractivity contribution in [2.24, 2.45) is 5.92 Å². The Hall–Kier alpha value is -0.860. The molecule has 2 heteroatoms. The van der Waals surface area contributed by atoms with Gasteiger partial charge in [-0.25, -0.2) is 0 Å². The molecule has 1 aromatic carbocycles. The molecule has 2 rings (SSSR count). The second kappa shape index (κ2) is 6.18. The lowest BCUT2D eigenvalue weighted by molar-refractivity contribution is 0.165. The fourth-order valence-electron chi connectivity index (χ4n) is 2.71. The van der Waals surface area contributed by atoms with Crippen molar-refractivity contribution in [2.45, 2.75) is 44.8 Å². The van der Waals surface area contributed by atoms with Crippen LogP contribution in [0.1, 0.15) is 44.3 Å². The van der Waals surface area contributed by atoms with Crippen molar-refractivity contribution in [2.75, 3.05) is 6.54 Å². The van der Waals surface area contributed by atoms with E-state index in [-0.39, 0.29) is 6.10 Å². The van der Waals surface area contributed by atoms with Crippen LogP contribution in [0.3, 0.4) is 0 Å². The first-order chi connectivity index (χ1) is 8.27. The van der Waals surface area contributed by atoms with E-state index in [1.165, 1.54) is 25.7 Å². The highest BCUT2D eigenvalue weighted by molar-refractivity contribution is 5.17. The summed E-state index contributed by atoms with van der Waals surface area (Å²) in [4.78, 5) is 0. The Morgan fingerprint density at radius 3 is 2.53 bits per heavy atom. The fraction of sp³-hybridized carbons (Fsp3) is 0.600. The summed E-state index contributed by atoms with van der Waals surface area (Å²) in [5.41, 5.74) is 0.999. The van der Waals surface area contributed by atoms with Gasteiger partial charge in [-0.3, -0.25) is 0 Å². The standard InChI is InChI=1S/C15H23NO/c1-12(13-7-5-6-8-13)16-11-15(17)14-9-3-2-4-10-14/h2-4,9-10,12-13,15-17H,5-8,11H2,1H3. The number of hydrogen-bond acceptors (Lipinski definition) is 2. The van der Waals surface area contributed by atoms with Gasteiger partial charge in [-0.05, 0) is 31.2 Å². The molecule has 0 radical (unpaired) electrons. The summed E-state index contributed by atoms with van der Waals surface area (Å²) in [6.45, 7) is 2.90. The molecule has 1 saturated carbocycles. The molecule has 0 amide bonds. The molecule has 0 heterocycles. The molecule has 0 saturated heterocycles. The molecule has 2 nitrogen and oxygen atoms in total. The third-order valence-corrected chi connectivity index (χ3v) is 3.92. The lowest BCUT2D eigenvalue weighted by Gasteiger charge is -2.22. The van der Waals surface area contributed by atoms with Crippen LogP contribution in [0.4, 0.5) is 0 Å². The molecular formula is C15H23NO. The largest absolute Gasteiger partial charge is 0.387 e. The number of hydrogen-bond donors (Lipinski definition) is 2. The van der Waals surface area contributed by atoms with Gasteiger partial charge in [-0.1, -0.05) is 43.2 Å². The number of aliphatic hydroxyl groups is 1. The van der Waals surface area contributed by atoms with E-state index in [4.69, 9.17) is 0 Å². The molecule has 17 heavy (non-hydrogen) atoms. The van der Waals surface area contributed by atoms with Gasteiger partial charge in [0.2, 0.25) is 0 Å². The quantitative estimate of drug-likeness (QED) is 0.819. The van der Waals surface area contributed by atoms with Gasteiger partial charge in [0.1, 0.15) is 0 Å². The predicted octanol–water partition coefficient (Wildman–Crippen LogP) is 2.89. The number of nitrogens with one attached hydrogen (secondary N) is 1. The van der Waals surface area contributed by atoms with Crippen molar-refractivity contribution >= 4 is 0 Å². The van der Waals surface area contributed by atoms with E-state index in [1.54, 1.807) is 0 Å². The molecule has 1 aliphatic carbocycles. The van der Waals surface area contributed by atoms with E-state index >= 15 is 0 Å². The summed E-state index contributed by atoms with van der Waals surface area (Å²) in [5.74, 6) is 0.804. The first-order valence-corrected chi connectivity index (χ1v) is 6.74. The lowest BCUT2D eigenvalue weighted by atomic mass is 9.99. The molecule has 0 bridgehead atoms. The summed E-state index contributed by atoms with van der Waals surface area (Å²) in [6, 6.07) is 10.4. The molecule has 2 unspecified atom stereocenters. The van der Waals surface area contributed by atoms with Crippen LogP contribution >= 0.6 is 0 Å². The highest BCUT2D eigenvalue weighted by Gasteiger charge is 2.21. The highest BCUT2D eigenvalue weighted by atomic mass is 16.3. The summed E-state index contributed by atoms with van der Waals surface area (Å²) < 4.78 is 0. The Balaban J connectivity index is 1.77. The van der Waals surface area contributed by atoms with Crippen molar-refractivity contribution in [1.82, 2.24) is 5.32 Å². The Morgan fingerprint density at radius 2 is 1.88 bits per heavy atom. The maximum absolute atomic E-state index is 10.0. The van der Waals surface area contributed by atoms with E-state index in [2.05, 4.69) is 12.2 Å². The minimum absolute atomic E-state index is 0.389. The van der Waals surface area contributed by atoms with Gasteiger partial charge in [-0.15, -0.1) is 0 Å². The summed E-state index contributed by atoms with van der Waals surface area (Å²) in [6.07, 6.45) is 5.04. The van der Waals surface area contributed by atoms with E-state index in [9.17, 15) is 5.11 Å². The number of rotatable bonds is 5. The van der Waals surface area contributed by atoms with Gasteiger partial charge in [0.15, 0.2) is 0 Å². The van der Waals surface area contributed by atoms with Crippen molar-refractivity contribution in [3.8, 4) is 0 Å². The van der Waals surface area contributed by atoms with E-state index in [0.717, 1.165) is 11.5 Å². The molecule has 0 spiro atoms. The van der Waals surface area contributed by atoms with Crippen LogP contribution in [0.15, 0.2) is 30.3 Å². The third kappa shape index (κ3) is 3.55. The molecule has 1 aliphatic rings. The smallest absolute Gasteiger partial charge is 0.0914 e. The van der Waals surface area contributed by atoms with Crippen LogP contribution in [0.2, 0.25) is 0 Å². The van der Waals surface area contributed by atoms with Gasteiger partial charge in [0, 0.05) is 12.6 Å². The van der Waals surface area contributed by atoms with E-state index in [0.29, 0.717) is 12.6 Å². The van der Waals surface area contributed by atoms with Gasteiger partial charge in [0.05, 0.1) is 6.10 Å². The van der Waals surface area contributed by atoms with Crippen LogP contribution in [-0.4, -0.2) is 17.7 Å². The lowest BCUT2D eigenvalue weighted by Crippen LogP contribution is -2.35. The second-order valence-corrected chi connectivity index (χ2v) is 5.17. The normalized spacial score (nSPS) is 20.4. The van der Waals surface area contributed by atoms with E-state index in [1.807, 2.05) is 30.3 Å². The van der Waals surface area contributed by atoms with Crippen molar-refractivity contribution in [3.63, 3.8) is 0 Å². The SMILES string of the molecule is CC(NCC(O)c1ccccc1)C1CCCC1. The minimum atomic E-state index is -0.389. The predicted molar refractivity (Wildman–Crippen MR) is 70.8 cm³/mol. The topological polar surface area (TPSA) is 32.3 Å². The summed E-state index contributed by atoms with van der Waals surface area (Å²) in [5, 5.41) is 13.5. The summed E-state index contributed by atoms with van der Waals surface area (Å²) >= 11 is 0. The Bertz CT molecular complexity index is 319. The molecule has 2 N–H and O–H groups in total. The van der Waals surface area contributed by atoms with Gasteiger partial charge in [-0.2, -0.15) is 0 Å². The maximum atomic E-state index is 10.0. The zero-order valence-electron chi connectivity index (χ0n) is 10.6. The average Bonchev–Trinajstić information content (AvgIpc) is 2.90. The maximum Gasteiger partial charge on any atom is 0.0914 e. The van der Waals surface area contributed by atoms with Crippen LogP contribution in [0, 0.1) is 5.92 Å². The first-order valence-electron chi connectivity index (χ1n) is 6.74. The number of benzene rings is 1. The molecule has 0 aliphatic heterocycles. The molecule has 0 aromatic heterocycles. The van der Waals surface area contributed by atoms with Crippen molar-refractivity contribution in [3.05, 3.63) is 35.9 Å². The van der Waals surface area contributed by atoms with Gasteiger partial charge < -0.3 is 10.4 Å². The van der Waals surface area contributed by atoms with Crippen LogP contribution in [0.25, 0.3) is 0 Å². The Kier molecular flexibility index (Phi) is 4.57. The van der Waals surface area contributed by atoms with Crippen LogP contribution in [-0.2, 0) is 0 Å². The Morgan fingerprint density at radius 1 is 1.24 bits per heavy atom. The van der Waals surface area contributed by atoms with E-state index < -0.39 is 0 Å². The zero-order chi connectivity index (χ0) is 12.1. The van der Waals surface area contributed by atoms with Crippen molar-refractivity contribution in [1.29, 1.82) is 0 Å². The average molecular weight is 233 g/mol. The Labute approximate surface area is 104 Å². The minimum Gasteiger partial charge on any atom is -0.387 e. The molecule has 1 fully saturated rings. The summed E-state index contributed by atoms with van der Waals surface area (Å²) in [7, 11) is 0. The fourth-order valence-corrected chi connectivity index (χ4v) is 2.71. The van der Waals surface area contributed by atoms with Crippen LogP contribution < -0.4 is 5.32 Å². The molecular weight excluding hydrogens is 210 g/mol. The highest BCUT2D eigenvalue weighted by Crippen LogP contribution is 2.27. The first kappa shape index (κ1) is 12.6. The number of aliphatic hydroxyl groups excluding tert-OH is 1. The molecule has 94 valence electrons. The third-order valence-electron chi connectivity index (χ3n) is 3.92. The van der Waals surface area contributed by atoms with Gasteiger partial charge in [0.25, 0.3) is 0 Å². The van der Waals surface area contributed by atoms with Crippen molar-refractivity contribution < 1.29 is 5.11 Å². The monoisotopic (exact) mass is 233 g/mol. The molecule has 1 aromatic rings. The van der Waals surface area contributed by atoms with Gasteiger partial charge >= 0.3 is 0 Å². The van der Waals surface area contributed by atoms with Crippen LogP contribution in [0.5, 0.6) is 0 Å². The zero-order valence-corrected chi connectivity index (χ0v) is 10.6.